The Morgan fingerprint density at radius 1 is 1.48 bits per heavy atom. The molecule has 4 nitrogen and oxygen atoms in total. The van der Waals surface area contributed by atoms with Crippen LogP contribution in [0.3, 0.4) is 0 Å². The van der Waals surface area contributed by atoms with E-state index in [1.807, 2.05) is 24.4 Å². The molecule has 1 atom stereocenters. The molecule has 112 valence electrons. The zero-order chi connectivity index (χ0) is 15.0. The standard InChI is InChI=1S/C16H19NO3S/c1-9-6-13(10(2)20-9)16(19)17-15(11-7-12(18)8-11)14-4-3-5-21-14/h3-6,11-12,15,18H,7-8H2,1-2H3,(H,17,19)/t11?,12?,15-/m0/s1. The van der Waals surface area contributed by atoms with Crippen LogP contribution in [-0.4, -0.2) is 17.1 Å². The van der Waals surface area contributed by atoms with Crippen LogP contribution in [-0.2, 0) is 0 Å². The van der Waals surface area contributed by atoms with Crippen LogP contribution >= 0.6 is 11.3 Å². The molecule has 2 N–H and O–H groups in total. The Morgan fingerprint density at radius 2 is 2.24 bits per heavy atom. The van der Waals surface area contributed by atoms with Gasteiger partial charge in [0.2, 0.25) is 0 Å². The van der Waals surface area contributed by atoms with Crippen LogP contribution in [0.1, 0.15) is 45.6 Å². The number of amides is 1. The highest BCUT2D eigenvalue weighted by atomic mass is 32.1. The summed E-state index contributed by atoms with van der Waals surface area (Å²) in [5, 5.41) is 14.7. The van der Waals surface area contributed by atoms with E-state index in [0.717, 1.165) is 23.5 Å². The highest BCUT2D eigenvalue weighted by molar-refractivity contribution is 7.10. The Kier molecular flexibility index (Phi) is 3.87. The number of furan rings is 1. The van der Waals surface area contributed by atoms with Crippen molar-refractivity contribution in [3.05, 3.63) is 45.5 Å². The van der Waals surface area contributed by atoms with Gasteiger partial charge in [0.1, 0.15) is 11.5 Å². The fourth-order valence-corrected chi connectivity index (χ4v) is 3.74. The van der Waals surface area contributed by atoms with Gasteiger partial charge >= 0.3 is 0 Å². The normalized spacial score (nSPS) is 22.6. The molecule has 0 saturated heterocycles. The molecule has 2 aromatic rings. The molecular weight excluding hydrogens is 286 g/mol. The van der Waals surface area contributed by atoms with Crippen molar-refractivity contribution in [1.29, 1.82) is 0 Å². The summed E-state index contributed by atoms with van der Waals surface area (Å²) in [7, 11) is 0. The Morgan fingerprint density at radius 3 is 2.76 bits per heavy atom. The summed E-state index contributed by atoms with van der Waals surface area (Å²) in [5.41, 5.74) is 0.592. The average Bonchev–Trinajstić information content (AvgIpc) is 3.02. The molecule has 1 fully saturated rings. The van der Waals surface area contributed by atoms with E-state index >= 15 is 0 Å². The number of thiophene rings is 1. The number of hydrogen-bond donors (Lipinski definition) is 2. The van der Waals surface area contributed by atoms with Crippen LogP contribution in [0.5, 0.6) is 0 Å². The maximum atomic E-state index is 12.5. The zero-order valence-corrected chi connectivity index (χ0v) is 12.9. The minimum absolute atomic E-state index is 0.0319. The molecule has 0 radical (unpaired) electrons. The van der Waals surface area contributed by atoms with Crippen LogP contribution in [0.2, 0.25) is 0 Å². The number of aliphatic hydroxyl groups excluding tert-OH is 1. The maximum absolute atomic E-state index is 12.5. The van der Waals surface area contributed by atoms with Crippen LogP contribution in [0, 0.1) is 19.8 Å². The van der Waals surface area contributed by atoms with Crippen LogP contribution in [0.25, 0.3) is 0 Å². The quantitative estimate of drug-likeness (QED) is 0.912. The van der Waals surface area contributed by atoms with E-state index in [-0.39, 0.29) is 18.1 Å². The molecule has 0 unspecified atom stereocenters. The number of carbonyl (C=O) groups is 1. The van der Waals surface area contributed by atoms with Gasteiger partial charge in [-0.1, -0.05) is 6.07 Å². The molecule has 3 rings (SSSR count). The van der Waals surface area contributed by atoms with E-state index in [2.05, 4.69) is 5.32 Å². The third-order valence-electron chi connectivity index (χ3n) is 4.04. The summed E-state index contributed by atoms with van der Waals surface area (Å²) in [4.78, 5) is 13.6. The molecule has 1 amide bonds. The predicted octanol–water partition coefficient (Wildman–Crippen LogP) is 3.20. The van der Waals surface area contributed by atoms with E-state index in [1.165, 1.54) is 0 Å². The van der Waals surface area contributed by atoms with E-state index in [4.69, 9.17) is 4.42 Å². The molecule has 0 aliphatic heterocycles. The number of aliphatic hydroxyl groups is 1. The van der Waals surface area contributed by atoms with E-state index in [0.29, 0.717) is 17.2 Å². The maximum Gasteiger partial charge on any atom is 0.255 e. The second kappa shape index (κ2) is 5.66. The van der Waals surface area contributed by atoms with Crippen molar-refractivity contribution in [2.45, 2.75) is 38.8 Å². The lowest BCUT2D eigenvalue weighted by Gasteiger charge is -2.37. The van der Waals surface area contributed by atoms with Gasteiger partial charge in [0.25, 0.3) is 5.91 Å². The molecule has 2 aromatic heterocycles. The van der Waals surface area contributed by atoms with Crippen molar-refractivity contribution < 1.29 is 14.3 Å². The molecule has 5 heteroatoms. The summed E-state index contributed by atoms with van der Waals surface area (Å²) < 4.78 is 5.43. The van der Waals surface area contributed by atoms with Gasteiger partial charge < -0.3 is 14.8 Å². The van der Waals surface area contributed by atoms with Gasteiger partial charge in [-0.2, -0.15) is 0 Å². The Hall–Kier alpha value is -1.59. The molecule has 0 spiro atoms. The number of nitrogens with one attached hydrogen (secondary N) is 1. The van der Waals surface area contributed by atoms with Gasteiger partial charge in [-0.15, -0.1) is 11.3 Å². The lowest BCUT2D eigenvalue weighted by molar-refractivity contribution is 0.0241. The summed E-state index contributed by atoms with van der Waals surface area (Å²) in [5.74, 6) is 1.58. The average molecular weight is 305 g/mol. The van der Waals surface area contributed by atoms with Crippen LogP contribution in [0.15, 0.2) is 28.0 Å². The lowest BCUT2D eigenvalue weighted by atomic mass is 9.76. The fraction of sp³-hybridized carbons (Fsp3) is 0.438. The highest BCUT2D eigenvalue weighted by Crippen LogP contribution is 2.39. The van der Waals surface area contributed by atoms with Gasteiger partial charge in [-0.05, 0) is 50.1 Å². The van der Waals surface area contributed by atoms with Gasteiger partial charge in [0.05, 0.1) is 17.7 Å². The molecular formula is C16H19NO3S. The molecule has 21 heavy (non-hydrogen) atoms. The number of hydrogen-bond acceptors (Lipinski definition) is 4. The van der Waals surface area contributed by atoms with Crippen molar-refractivity contribution in [2.75, 3.05) is 0 Å². The van der Waals surface area contributed by atoms with E-state index < -0.39 is 0 Å². The van der Waals surface area contributed by atoms with E-state index in [9.17, 15) is 9.90 Å². The molecule has 0 aromatic carbocycles. The fourth-order valence-electron chi connectivity index (χ4n) is 2.87. The first kappa shape index (κ1) is 14.4. The summed E-state index contributed by atoms with van der Waals surface area (Å²) in [6.45, 7) is 3.64. The molecule has 1 aliphatic carbocycles. The molecule has 0 bridgehead atoms. The molecule has 2 heterocycles. The van der Waals surface area contributed by atoms with Crippen molar-refractivity contribution in [3.63, 3.8) is 0 Å². The smallest absolute Gasteiger partial charge is 0.255 e. The lowest BCUT2D eigenvalue weighted by Crippen LogP contribution is -2.41. The van der Waals surface area contributed by atoms with E-state index in [1.54, 1.807) is 24.3 Å². The SMILES string of the molecule is Cc1cc(C(=O)N[C@H](c2cccs2)C2CC(O)C2)c(C)o1. The zero-order valence-electron chi connectivity index (χ0n) is 12.1. The van der Waals surface area contributed by atoms with Crippen LogP contribution < -0.4 is 5.32 Å². The Balaban J connectivity index is 1.78. The second-order valence-corrected chi connectivity index (χ2v) is 6.66. The third-order valence-corrected chi connectivity index (χ3v) is 5.00. The summed E-state index contributed by atoms with van der Waals surface area (Å²) >= 11 is 1.64. The summed E-state index contributed by atoms with van der Waals surface area (Å²) in [6.07, 6.45) is 1.26. The van der Waals surface area contributed by atoms with Crippen molar-refractivity contribution in [1.82, 2.24) is 5.32 Å². The topological polar surface area (TPSA) is 62.5 Å². The Bertz CT molecular complexity index is 626. The van der Waals surface area contributed by atoms with Gasteiger partial charge in [-0.25, -0.2) is 0 Å². The predicted molar refractivity (Wildman–Crippen MR) is 81.4 cm³/mol. The minimum atomic E-state index is -0.229. The van der Waals surface area contributed by atoms with Crippen molar-refractivity contribution >= 4 is 17.2 Å². The summed E-state index contributed by atoms with van der Waals surface area (Å²) in [6, 6.07) is 5.76. The number of rotatable bonds is 4. The van der Waals surface area contributed by atoms with Gasteiger partial charge in [0, 0.05) is 4.88 Å². The van der Waals surface area contributed by atoms with Gasteiger partial charge in [-0.3, -0.25) is 4.79 Å². The second-order valence-electron chi connectivity index (χ2n) is 5.68. The van der Waals surface area contributed by atoms with Crippen molar-refractivity contribution in [2.24, 2.45) is 5.92 Å². The molecule has 1 aliphatic rings. The minimum Gasteiger partial charge on any atom is -0.466 e. The monoisotopic (exact) mass is 305 g/mol. The highest BCUT2D eigenvalue weighted by Gasteiger charge is 2.36. The third kappa shape index (κ3) is 2.89. The first-order valence-corrected chi connectivity index (χ1v) is 8.02. The van der Waals surface area contributed by atoms with Crippen LogP contribution in [0.4, 0.5) is 0 Å². The first-order valence-electron chi connectivity index (χ1n) is 7.14. The number of aryl methyl sites for hydroxylation is 2. The largest absolute Gasteiger partial charge is 0.466 e. The first-order chi connectivity index (χ1) is 10.0. The number of carbonyl (C=O) groups excluding carboxylic acids is 1. The Labute approximate surface area is 127 Å². The van der Waals surface area contributed by atoms with Crippen molar-refractivity contribution in [3.8, 4) is 0 Å². The van der Waals surface area contributed by atoms with Gasteiger partial charge in [0.15, 0.2) is 0 Å². The molecule has 1 saturated carbocycles.